The molecule has 17 heavy (non-hydrogen) atoms. The van der Waals surface area contributed by atoms with E-state index in [0.717, 1.165) is 28.8 Å². The van der Waals surface area contributed by atoms with Crippen LogP contribution in [0, 0.1) is 6.92 Å². The molecule has 2 aromatic rings. The molecular weight excluding hydrogens is 278 g/mol. The zero-order chi connectivity index (χ0) is 12.0. The Labute approximate surface area is 109 Å². The van der Waals surface area contributed by atoms with Crippen LogP contribution in [0.2, 0.25) is 0 Å². The number of rotatable bonds is 3. The molecule has 1 saturated carbocycles. The van der Waals surface area contributed by atoms with Gasteiger partial charge in [-0.05, 0) is 60.7 Å². The average Bonchev–Trinajstić information content (AvgIpc) is 2.91. The van der Waals surface area contributed by atoms with Crippen LogP contribution in [0.15, 0.2) is 22.8 Å². The van der Waals surface area contributed by atoms with E-state index in [-0.39, 0.29) is 5.54 Å². The molecule has 0 aliphatic heterocycles. The summed E-state index contributed by atoms with van der Waals surface area (Å²) in [6.45, 7) is 2.07. The van der Waals surface area contributed by atoms with Crippen LogP contribution in [-0.2, 0) is 6.42 Å². The van der Waals surface area contributed by atoms with Crippen molar-refractivity contribution in [1.82, 2.24) is 9.38 Å². The summed E-state index contributed by atoms with van der Waals surface area (Å²) in [5, 5.41) is 0. The lowest BCUT2D eigenvalue weighted by Crippen LogP contribution is -2.22. The first-order valence-corrected chi connectivity index (χ1v) is 6.80. The zero-order valence-corrected chi connectivity index (χ0v) is 11.5. The molecule has 0 amide bonds. The molecule has 0 atom stereocenters. The monoisotopic (exact) mass is 293 g/mol. The summed E-state index contributed by atoms with van der Waals surface area (Å²) in [6.07, 6.45) is 4.41. The first kappa shape index (κ1) is 11.2. The number of aryl methyl sites for hydroxylation is 2. The summed E-state index contributed by atoms with van der Waals surface area (Å²) in [6, 6.07) is 6.10. The molecule has 1 aliphatic rings. The maximum atomic E-state index is 6.15. The summed E-state index contributed by atoms with van der Waals surface area (Å²) in [4.78, 5) is 4.59. The Hall–Kier alpha value is -0.870. The highest BCUT2D eigenvalue weighted by Crippen LogP contribution is 2.37. The van der Waals surface area contributed by atoms with Gasteiger partial charge in [-0.25, -0.2) is 4.98 Å². The summed E-state index contributed by atoms with van der Waals surface area (Å²) in [7, 11) is 0. The minimum atomic E-state index is 0.109. The topological polar surface area (TPSA) is 43.3 Å². The molecule has 2 aromatic heterocycles. The van der Waals surface area contributed by atoms with Crippen molar-refractivity contribution in [3.8, 4) is 0 Å². The predicted molar refractivity (Wildman–Crippen MR) is 72.1 cm³/mol. The Bertz CT molecular complexity index is 569. The number of hydrogen-bond acceptors (Lipinski definition) is 2. The highest BCUT2D eigenvalue weighted by atomic mass is 79.9. The fraction of sp³-hybridized carbons (Fsp3) is 0.462. The van der Waals surface area contributed by atoms with Gasteiger partial charge in [-0.1, -0.05) is 6.07 Å². The lowest BCUT2D eigenvalue weighted by Gasteiger charge is -2.09. The molecule has 3 nitrogen and oxygen atoms in total. The number of halogens is 1. The smallest absolute Gasteiger partial charge is 0.138 e. The van der Waals surface area contributed by atoms with Gasteiger partial charge in [0.05, 0.1) is 10.3 Å². The summed E-state index contributed by atoms with van der Waals surface area (Å²) < 4.78 is 3.24. The van der Waals surface area contributed by atoms with E-state index in [0.29, 0.717) is 0 Å². The minimum Gasteiger partial charge on any atom is -0.325 e. The van der Waals surface area contributed by atoms with Crippen LogP contribution in [0.4, 0.5) is 0 Å². The summed E-state index contributed by atoms with van der Waals surface area (Å²) >= 11 is 3.59. The number of pyridine rings is 1. The van der Waals surface area contributed by atoms with Crippen LogP contribution in [0.5, 0.6) is 0 Å². The van der Waals surface area contributed by atoms with Crippen molar-refractivity contribution < 1.29 is 0 Å². The van der Waals surface area contributed by atoms with Crippen LogP contribution in [-0.4, -0.2) is 14.9 Å². The number of hydrogen-bond donors (Lipinski definition) is 1. The second-order valence-electron chi connectivity index (χ2n) is 5.05. The molecule has 0 spiro atoms. The van der Waals surface area contributed by atoms with E-state index in [1.165, 1.54) is 18.5 Å². The van der Waals surface area contributed by atoms with E-state index in [2.05, 4.69) is 32.2 Å². The maximum Gasteiger partial charge on any atom is 0.138 e. The van der Waals surface area contributed by atoms with Gasteiger partial charge in [0, 0.05) is 11.2 Å². The van der Waals surface area contributed by atoms with Gasteiger partial charge < -0.3 is 5.73 Å². The Morgan fingerprint density at radius 2 is 2.24 bits per heavy atom. The Kier molecular flexibility index (Phi) is 2.52. The highest BCUT2D eigenvalue weighted by Gasteiger charge is 2.37. The van der Waals surface area contributed by atoms with Crippen LogP contribution < -0.4 is 5.73 Å². The lowest BCUT2D eigenvalue weighted by molar-refractivity contribution is 0.599. The first-order chi connectivity index (χ1) is 8.09. The number of nitrogens with zero attached hydrogens (tertiary/aromatic N) is 2. The van der Waals surface area contributed by atoms with Crippen molar-refractivity contribution >= 4 is 21.6 Å². The standard InChI is InChI=1S/C13H16BrN3/c1-9-10(5-6-13(15)7-8-13)17-11(14)3-2-4-12(17)16-9/h2-4H,5-8,15H2,1H3. The van der Waals surface area contributed by atoms with Gasteiger partial charge in [-0.15, -0.1) is 0 Å². The third-order valence-corrected chi connectivity index (χ3v) is 4.26. The minimum absolute atomic E-state index is 0.109. The normalized spacial score (nSPS) is 17.6. The molecule has 3 rings (SSSR count). The largest absolute Gasteiger partial charge is 0.325 e. The molecule has 0 unspecified atom stereocenters. The molecule has 0 saturated heterocycles. The molecule has 2 N–H and O–H groups in total. The van der Waals surface area contributed by atoms with Crippen molar-refractivity contribution in [2.75, 3.05) is 0 Å². The van der Waals surface area contributed by atoms with Crippen molar-refractivity contribution in [3.63, 3.8) is 0 Å². The third-order valence-electron chi connectivity index (χ3n) is 3.64. The second kappa shape index (κ2) is 3.82. The Morgan fingerprint density at radius 1 is 1.47 bits per heavy atom. The van der Waals surface area contributed by atoms with E-state index in [4.69, 9.17) is 5.73 Å². The number of fused-ring (bicyclic) bond motifs is 1. The van der Waals surface area contributed by atoms with Crippen molar-refractivity contribution in [2.24, 2.45) is 5.73 Å². The zero-order valence-electron chi connectivity index (χ0n) is 9.91. The van der Waals surface area contributed by atoms with E-state index in [1.54, 1.807) is 0 Å². The number of imidazole rings is 1. The quantitative estimate of drug-likeness (QED) is 0.885. The fourth-order valence-corrected chi connectivity index (χ4v) is 2.84. The Morgan fingerprint density at radius 3 is 2.94 bits per heavy atom. The molecule has 0 bridgehead atoms. The molecule has 4 heteroatoms. The van der Waals surface area contributed by atoms with Gasteiger partial charge in [0.2, 0.25) is 0 Å². The van der Waals surface area contributed by atoms with Gasteiger partial charge in [0.15, 0.2) is 0 Å². The number of aromatic nitrogens is 2. The number of nitrogens with two attached hydrogens (primary N) is 1. The van der Waals surface area contributed by atoms with E-state index >= 15 is 0 Å². The first-order valence-electron chi connectivity index (χ1n) is 6.00. The van der Waals surface area contributed by atoms with Crippen molar-refractivity contribution in [3.05, 3.63) is 34.2 Å². The Balaban J connectivity index is 1.99. The van der Waals surface area contributed by atoms with E-state index in [9.17, 15) is 0 Å². The molecule has 90 valence electrons. The van der Waals surface area contributed by atoms with Gasteiger partial charge in [-0.2, -0.15) is 0 Å². The lowest BCUT2D eigenvalue weighted by atomic mass is 10.1. The van der Waals surface area contributed by atoms with Crippen molar-refractivity contribution in [2.45, 2.75) is 38.1 Å². The molecule has 2 heterocycles. The fourth-order valence-electron chi connectivity index (χ4n) is 2.30. The highest BCUT2D eigenvalue weighted by molar-refractivity contribution is 9.10. The van der Waals surface area contributed by atoms with Gasteiger partial charge in [0.1, 0.15) is 5.65 Å². The molecule has 0 aromatic carbocycles. The van der Waals surface area contributed by atoms with Crippen molar-refractivity contribution in [1.29, 1.82) is 0 Å². The SMILES string of the molecule is Cc1nc2cccc(Br)n2c1CCC1(N)CC1. The van der Waals surface area contributed by atoms with Crippen LogP contribution in [0.1, 0.15) is 30.7 Å². The summed E-state index contributed by atoms with van der Waals surface area (Å²) in [5.74, 6) is 0. The molecular formula is C13H16BrN3. The third kappa shape index (κ3) is 2.00. The van der Waals surface area contributed by atoms with Crippen LogP contribution >= 0.6 is 15.9 Å². The molecule has 1 aliphatic carbocycles. The summed E-state index contributed by atoms with van der Waals surface area (Å²) in [5.41, 5.74) is 9.66. The molecule has 0 radical (unpaired) electrons. The average molecular weight is 294 g/mol. The van der Waals surface area contributed by atoms with Gasteiger partial charge >= 0.3 is 0 Å². The van der Waals surface area contributed by atoms with Crippen LogP contribution in [0.25, 0.3) is 5.65 Å². The second-order valence-corrected chi connectivity index (χ2v) is 5.86. The van der Waals surface area contributed by atoms with Gasteiger partial charge in [-0.3, -0.25) is 4.40 Å². The predicted octanol–water partition coefficient (Wildman–Crippen LogP) is 2.83. The molecule has 1 fully saturated rings. The maximum absolute atomic E-state index is 6.15. The van der Waals surface area contributed by atoms with Crippen LogP contribution in [0.3, 0.4) is 0 Å². The van der Waals surface area contributed by atoms with E-state index < -0.39 is 0 Å². The van der Waals surface area contributed by atoms with Gasteiger partial charge in [0.25, 0.3) is 0 Å². The van der Waals surface area contributed by atoms with E-state index in [1.807, 2.05) is 18.2 Å².